The summed E-state index contributed by atoms with van der Waals surface area (Å²) < 4.78 is 51.2. The highest BCUT2D eigenvalue weighted by Crippen LogP contribution is 2.49. The van der Waals surface area contributed by atoms with E-state index in [0.717, 1.165) is 24.3 Å². The summed E-state index contributed by atoms with van der Waals surface area (Å²) in [6.07, 6.45) is -3.91. The number of aryl methyl sites for hydroxylation is 2. The zero-order chi connectivity index (χ0) is 27.3. The zero-order valence-electron chi connectivity index (χ0n) is 19.4. The lowest BCUT2D eigenvalue weighted by Gasteiger charge is -2.33. The van der Waals surface area contributed by atoms with Crippen molar-refractivity contribution in [2.75, 3.05) is 0 Å². The summed E-state index contributed by atoms with van der Waals surface area (Å²) in [4.78, 5) is 27.5. The van der Waals surface area contributed by atoms with E-state index < -0.39 is 34.6 Å². The van der Waals surface area contributed by atoms with Gasteiger partial charge in [-0.1, -0.05) is 24.2 Å². The molecule has 2 heterocycles. The number of rotatable bonds is 6. The molecule has 4 aromatic rings. The molecule has 0 aliphatic heterocycles. The van der Waals surface area contributed by atoms with E-state index in [9.17, 15) is 33.0 Å². The summed E-state index contributed by atoms with van der Waals surface area (Å²) in [5.74, 6) is -1.53. The molecule has 0 amide bonds. The van der Waals surface area contributed by atoms with Crippen molar-refractivity contribution in [3.63, 3.8) is 0 Å². The van der Waals surface area contributed by atoms with Gasteiger partial charge in [-0.3, -0.25) is 9.13 Å². The van der Waals surface area contributed by atoms with Crippen LogP contribution in [0.15, 0.2) is 66.1 Å². The Balaban J connectivity index is 1.77. The molecular weight excluding hydrogens is 515 g/mol. The Kier molecular flexibility index (Phi) is 6.39. The summed E-state index contributed by atoms with van der Waals surface area (Å²) in [5, 5.41) is 20.1. The molecule has 0 radical (unpaired) electrons. The minimum Gasteiger partial charge on any atom is -0.477 e. The highest BCUT2D eigenvalue weighted by molar-refractivity contribution is 6.32. The van der Waals surface area contributed by atoms with Crippen molar-refractivity contribution in [1.82, 2.24) is 14.1 Å². The highest BCUT2D eigenvalue weighted by Gasteiger charge is 2.57. The average Bonchev–Trinajstić information content (AvgIpc) is 3.06. The monoisotopic (exact) mass is 533 g/mol. The lowest BCUT2D eigenvalue weighted by Crippen LogP contribution is -2.43. The second-order valence-electron chi connectivity index (χ2n) is 8.20. The van der Waals surface area contributed by atoms with Crippen LogP contribution in [0.5, 0.6) is 11.6 Å². The van der Waals surface area contributed by atoms with Crippen LogP contribution >= 0.6 is 11.6 Å². The second kappa shape index (κ2) is 9.09. The number of benzene rings is 2. The SMILES string of the molecule is C=C(c1ccc(Oc2ncccc2C(=O)O)cc1Cl)[C@@](O)(c1ccc2c(c1)n(C)c(=O)n2C)C(F)(F)F. The van der Waals surface area contributed by atoms with Crippen LogP contribution in [-0.4, -0.2) is 36.5 Å². The Bertz CT molecular complexity index is 1630. The van der Waals surface area contributed by atoms with Crippen molar-refractivity contribution >= 4 is 34.2 Å². The van der Waals surface area contributed by atoms with Crippen LogP contribution in [0.25, 0.3) is 16.6 Å². The first-order valence-electron chi connectivity index (χ1n) is 10.6. The number of nitrogens with zero attached hydrogens (tertiary/aromatic N) is 3. The Morgan fingerprint density at radius 3 is 2.35 bits per heavy atom. The normalized spacial score (nSPS) is 13.4. The highest BCUT2D eigenvalue weighted by atomic mass is 35.5. The largest absolute Gasteiger partial charge is 0.477 e. The van der Waals surface area contributed by atoms with Crippen LogP contribution < -0.4 is 10.4 Å². The molecule has 12 heteroatoms. The number of aromatic nitrogens is 3. The number of hydrogen-bond donors (Lipinski definition) is 2. The second-order valence-corrected chi connectivity index (χ2v) is 8.60. The smallest absolute Gasteiger partial charge is 0.425 e. The number of carboxylic acids is 1. The number of carbonyl (C=O) groups is 1. The molecule has 2 N–H and O–H groups in total. The van der Waals surface area contributed by atoms with Crippen molar-refractivity contribution in [2.24, 2.45) is 14.1 Å². The number of halogens is 4. The Morgan fingerprint density at radius 2 is 1.73 bits per heavy atom. The standard InChI is InChI=1S/C25H19ClF3N3O5/c1-13(16-8-7-15(12-18(16)26)37-21-17(22(33)34)5-4-10-30-21)24(36,25(27,28)29)14-6-9-19-20(11-14)32(3)23(35)31(19)2/h4-12,36H,1H2,2-3H3,(H,33,34)/t24-/m1/s1. The Hall–Kier alpha value is -4.09. The molecule has 0 fully saturated rings. The van der Waals surface area contributed by atoms with E-state index in [2.05, 4.69) is 11.6 Å². The lowest BCUT2D eigenvalue weighted by molar-refractivity contribution is -0.240. The first-order valence-corrected chi connectivity index (χ1v) is 11.0. The fourth-order valence-electron chi connectivity index (χ4n) is 3.99. The van der Waals surface area contributed by atoms with Gasteiger partial charge in [0.25, 0.3) is 0 Å². The van der Waals surface area contributed by atoms with E-state index in [1.165, 1.54) is 53.7 Å². The predicted molar refractivity (Wildman–Crippen MR) is 130 cm³/mol. The summed E-state index contributed by atoms with van der Waals surface area (Å²) in [6, 6.07) is 9.69. The number of hydrogen-bond acceptors (Lipinski definition) is 5. The molecule has 0 aliphatic carbocycles. The van der Waals surface area contributed by atoms with Crippen molar-refractivity contribution in [3.05, 3.63) is 93.5 Å². The molecule has 2 aromatic heterocycles. The molecule has 1 atom stereocenters. The van der Waals surface area contributed by atoms with E-state index in [0.29, 0.717) is 5.52 Å². The molecule has 0 bridgehead atoms. The maximum Gasteiger partial charge on any atom is 0.425 e. The van der Waals surface area contributed by atoms with E-state index >= 15 is 0 Å². The number of ether oxygens (including phenoxy) is 1. The molecule has 0 saturated heterocycles. The number of imidazole rings is 1. The lowest BCUT2D eigenvalue weighted by atomic mass is 9.82. The van der Waals surface area contributed by atoms with Crippen molar-refractivity contribution in [1.29, 1.82) is 0 Å². The molecule has 0 spiro atoms. The first kappa shape index (κ1) is 26.0. The Labute approximate surface area is 212 Å². The third-order valence-electron chi connectivity index (χ3n) is 6.02. The predicted octanol–water partition coefficient (Wildman–Crippen LogP) is 4.88. The van der Waals surface area contributed by atoms with Crippen LogP contribution in [0.1, 0.15) is 21.5 Å². The maximum atomic E-state index is 14.4. The van der Waals surface area contributed by atoms with Gasteiger partial charge in [0.05, 0.1) is 16.1 Å². The number of carboxylic acid groups (broad SMARTS) is 1. The van der Waals surface area contributed by atoms with Crippen LogP contribution in [0.4, 0.5) is 13.2 Å². The van der Waals surface area contributed by atoms with Crippen LogP contribution in [-0.2, 0) is 19.7 Å². The quantitative estimate of drug-likeness (QED) is 0.366. The van der Waals surface area contributed by atoms with Crippen molar-refractivity contribution in [3.8, 4) is 11.6 Å². The third-order valence-corrected chi connectivity index (χ3v) is 6.33. The molecule has 192 valence electrons. The third kappa shape index (κ3) is 4.25. The first-order chi connectivity index (χ1) is 17.3. The van der Waals surface area contributed by atoms with Gasteiger partial charge in [-0.2, -0.15) is 13.2 Å². The van der Waals surface area contributed by atoms with Gasteiger partial charge in [-0.05, 0) is 53.1 Å². The van der Waals surface area contributed by atoms with Crippen LogP contribution in [0.3, 0.4) is 0 Å². The number of alkyl halides is 3. The maximum absolute atomic E-state index is 14.4. The molecule has 0 unspecified atom stereocenters. The van der Waals surface area contributed by atoms with Crippen molar-refractivity contribution < 1.29 is 32.9 Å². The van der Waals surface area contributed by atoms with Gasteiger partial charge >= 0.3 is 17.8 Å². The number of aromatic carboxylic acids is 1. The molecular formula is C25H19ClF3N3O5. The minimum absolute atomic E-state index is 0.000923. The fourth-order valence-corrected chi connectivity index (χ4v) is 4.27. The van der Waals surface area contributed by atoms with Gasteiger partial charge in [0.1, 0.15) is 11.3 Å². The molecule has 4 rings (SSSR count). The number of fused-ring (bicyclic) bond motifs is 1. The molecule has 37 heavy (non-hydrogen) atoms. The van der Waals surface area contributed by atoms with E-state index in [4.69, 9.17) is 16.3 Å². The van der Waals surface area contributed by atoms with Gasteiger partial charge in [0.2, 0.25) is 11.5 Å². The fraction of sp³-hybridized carbons (Fsp3) is 0.160. The van der Waals surface area contributed by atoms with Gasteiger partial charge in [0, 0.05) is 26.4 Å². The van der Waals surface area contributed by atoms with E-state index in [-0.39, 0.29) is 33.3 Å². The summed E-state index contributed by atoms with van der Waals surface area (Å²) in [5.41, 5.74) is -5.23. The van der Waals surface area contributed by atoms with E-state index in [1.54, 1.807) is 0 Å². The van der Waals surface area contributed by atoms with Gasteiger partial charge in [-0.25, -0.2) is 14.6 Å². The topological polar surface area (TPSA) is 107 Å². The van der Waals surface area contributed by atoms with E-state index in [1.807, 2.05) is 0 Å². The molecule has 8 nitrogen and oxygen atoms in total. The molecule has 2 aromatic carbocycles. The summed E-state index contributed by atoms with van der Waals surface area (Å²) >= 11 is 6.28. The average molecular weight is 534 g/mol. The summed E-state index contributed by atoms with van der Waals surface area (Å²) in [6.45, 7) is 3.52. The number of aliphatic hydroxyl groups is 1. The van der Waals surface area contributed by atoms with Gasteiger partial charge in [-0.15, -0.1) is 0 Å². The summed E-state index contributed by atoms with van der Waals surface area (Å²) in [7, 11) is 2.88. The molecule has 0 aliphatic rings. The van der Waals surface area contributed by atoms with Crippen molar-refractivity contribution in [2.45, 2.75) is 11.8 Å². The minimum atomic E-state index is -5.21. The van der Waals surface area contributed by atoms with Gasteiger partial charge < -0.3 is 14.9 Å². The van der Waals surface area contributed by atoms with Crippen LogP contribution in [0, 0.1) is 0 Å². The Morgan fingerprint density at radius 1 is 1.05 bits per heavy atom. The zero-order valence-corrected chi connectivity index (χ0v) is 20.1. The van der Waals surface area contributed by atoms with Crippen LogP contribution in [0.2, 0.25) is 5.02 Å². The van der Waals surface area contributed by atoms with Gasteiger partial charge in [0.15, 0.2) is 0 Å². The number of pyridine rings is 1. The molecule has 0 saturated carbocycles.